The molecular formula is C31H50LiN5O2Si2. The Morgan fingerprint density at radius 3 is 1.90 bits per heavy atom. The third-order valence-electron chi connectivity index (χ3n) is 7.44. The van der Waals surface area contributed by atoms with Crippen molar-refractivity contribution < 1.29 is 30.2 Å². The topological polar surface area (TPSA) is 82.8 Å². The third-order valence-corrected chi connectivity index (χ3v) is 13.4. The van der Waals surface area contributed by atoms with Crippen molar-refractivity contribution in [3.63, 3.8) is 0 Å². The number of benzene rings is 2. The number of likely N-dealkylation sites (tertiary alicyclic amines) is 1. The number of carbonyl (C=O) groups is 1. The number of nitrogens with one attached hydrogen (secondary N) is 1. The molecule has 7 nitrogen and oxygen atoms in total. The number of hydrogen-bond acceptors (Lipinski definition) is 6. The van der Waals surface area contributed by atoms with E-state index in [2.05, 4.69) is 64.7 Å². The second-order valence-corrected chi connectivity index (χ2v) is 23.1. The molecule has 0 spiro atoms. The Morgan fingerprint density at radius 2 is 1.46 bits per heavy atom. The van der Waals surface area contributed by atoms with Crippen molar-refractivity contribution in [2.45, 2.75) is 70.6 Å². The fourth-order valence-corrected chi connectivity index (χ4v) is 15.0. The Kier molecular flexibility index (Phi) is 13.9. The summed E-state index contributed by atoms with van der Waals surface area (Å²) in [6.45, 7) is 19.8. The van der Waals surface area contributed by atoms with E-state index in [0.717, 1.165) is 57.7 Å². The molecule has 2 fully saturated rings. The van der Waals surface area contributed by atoms with Crippen LogP contribution in [0.2, 0.25) is 39.3 Å². The minimum Gasteiger partial charge on any atom is -1.00 e. The Morgan fingerprint density at radius 1 is 0.927 bits per heavy atom. The molecule has 0 amide bonds. The van der Waals surface area contributed by atoms with E-state index in [1.165, 1.54) is 5.69 Å². The maximum absolute atomic E-state index is 11.9. The maximum Gasteiger partial charge on any atom is 1.00 e. The Hall–Kier alpha value is -1.89. The molecule has 2 aliphatic rings. The van der Waals surface area contributed by atoms with Crippen LogP contribution in [0.4, 0.5) is 5.69 Å². The molecule has 41 heavy (non-hydrogen) atoms. The van der Waals surface area contributed by atoms with Crippen LogP contribution in [0.3, 0.4) is 0 Å². The van der Waals surface area contributed by atoms with E-state index in [1.54, 1.807) is 0 Å². The number of anilines is 1. The van der Waals surface area contributed by atoms with E-state index in [1.807, 2.05) is 54.6 Å². The summed E-state index contributed by atoms with van der Waals surface area (Å²) in [6.07, 6.45) is 2.61. The Bertz CT molecular complexity index is 1100. The molecule has 2 heterocycles. The number of piperazine rings is 1. The molecule has 1 atom stereocenters. The molecule has 220 valence electrons. The second kappa shape index (κ2) is 16.1. The van der Waals surface area contributed by atoms with Crippen molar-refractivity contribution in [3.05, 3.63) is 65.7 Å². The van der Waals surface area contributed by atoms with E-state index >= 15 is 0 Å². The van der Waals surface area contributed by atoms with Crippen LogP contribution in [-0.2, 0) is 11.2 Å². The number of rotatable bonds is 8. The molecule has 2 N–H and O–H groups in total. The van der Waals surface area contributed by atoms with Gasteiger partial charge in [0.1, 0.15) is 22.5 Å². The average molecular weight is 588 g/mol. The van der Waals surface area contributed by atoms with E-state index < -0.39 is 28.5 Å². The van der Waals surface area contributed by atoms with Crippen LogP contribution in [0.25, 0.3) is 0 Å². The van der Waals surface area contributed by atoms with Crippen molar-refractivity contribution in [3.8, 4) is 6.07 Å². The number of nitriles is 1. The minimum atomic E-state index is -0.981. The molecule has 10 heteroatoms. The molecule has 4 rings (SSSR count). The van der Waals surface area contributed by atoms with Gasteiger partial charge in [0.25, 0.3) is 0 Å². The molecule has 0 bridgehead atoms. The molecular weight excluding hydrogens is 537 g/mol. The first kappa shape index (κ1) is 35.3. The van der Waals surface area contributed by atoms with E-state index in [-0.39, 0.29) is 20.3 Å². The molecule has 2 aromatic carbocycles. The number of carboxylic acids is 1. The molecule has 2 aliphatic heterocycles. The van der Waals surface area contributed by atoms with Crippen molar-refractivity contribution >= 4 is 28.1 Å². The average Bonchev–Trinajstić information content (AvgIpc) is 2.91. The van der Waals surface area contributed by atoms with Crippen molar-refractivity contribution in [1.29, 1.82) is 5.26 Å². The zero-order valence-electron chi connectivity index (χ0n) is 27.4. The summed E-state index contributed by atoms with van der Waals surface area (Å²) in [5.74, 6) is -0.724. The summed E-state index contributed by atoms with van der Waals surface area (Å²) in [5, 5.41) is 18.8. The second-order valence-electron chi connectivity index (χ2n) is 13.1. The van der Waals surface area contributed by atoms with Crippen molar-refractivity contribution in [2.24, 2.45) is 0 Å². The Balaban J connectivity index is 0.000000700. The van der Waals surface area contributed by atoms with Crippen LogP contribution >= 0.6 is 0 Å². The van der Waals surface area contributed by atoms with E-state index in [9.17, 15) is 9.90 Å². The van der Waals surface area contributed by atoms with Crippen molar-refractivity contribution in [2.75, 3.05) is 44.2 Å². The zero-order valence-corrected chi connectivity index (χ0v) is 28.4. The summed E-state index contributed by atoms with van der Waals surface area (Å²) >= 11 is 0. The number of hydrogen-bond donors (Lipinski definition) is 2. The van der Waals surface area contributed by atoms with Crippen LogP contribution in [0.1, 0.15) is 25.4 Å². The van der Waals surface area contributed by atoms with Gasteiger partial charge in [0.2, 0.25) is 0 Å². The van der Waals surface area contributed by atoms with Crippen LogP contribution in [0.15, 0.2) is 54.6 Å². The van der Waals surface area contributed by atoms with E-state index in [4.69, 9.17) is 5.26 Å². The monoisotopic (exact) mass is 587 g/mol. The minimum absolute atomic E-state index is 0. The van der Waals surface area contributed by atoms with Gasteiger partial charge in [-0.3, -0.25) is 14.6 Å². The van der Waals surface area contributed by atoms with Crippen LogP contribution in [-0.4, -0.2) is 88.7 Å². The van der Waals surface area contributed by atoms with Crippen LogP contribution < -0.4 is 28.4 Å². The van der Waals surface area contributed by atoms with Gasteiger partial charge in [-0.2, -0.15) is 5.26 Å². The standard InChI is InChI=1S/C25H30N4O2.C6H19NSi2.Li.H/c26-19-21-6-8-22(9-7-21)27-14-16-28(17-15-27)23-10-12-29(13-11-23)24(25(30)31)18-20-4-2-1-3-5-20;1-8(2,3)7-9(4,5)6;;/h1-9,23-24H,10-18H2,(H,30,31);7H,1-6H3;;/q;;+1;-1. The van der Waals surface area contributed by atoms with Gasteiger partial charge in [-0.1, -0.05) is 69.6 Å². The predicted molar refractivity (Wildman–Crippen MR) is 172 cm³/mol. The fourth-order valence-electron chi connectivity index (χ4n) is 5.99. The molecule has 2 saturated heterocycles. The summed E-state index contributed by atoms with van der Waals surface area (Å²) in [4.78, 5) is 19.0. The first-order chi connectivity index (χ1) is 18.8. The molecule has 0 radical (unpaired) electrons. The normalized spacial score (nSPS) is 17.9. The van der Waals surface area contributed by atoms with Gasteiger partial charge in [-0.15, -0.1) is 0 Å². The third kappa shape index (κ3) is 12.1. The van der Waals surface area contributed by atoms with E-state index in [0.29, 0.717) is 18.0 Å². The molecule has 0 aromatic heterocycles. The van der Waals surface area contributed by atoms with Gasteiger partial charge in [-0.05, 0) is 49.1 Å². The summed E-state index contributed by atoms with van der Waals surface area (Å²) in [7, 11) is -1.96. The van der Waals surface area contributed by atoms with Crippen molar-refractivity contribution in [1.82, 2.24) is 14.4 Å². The summed E-state index contributed by atoms with van der Waals surface area (Å²) < 4.78 is 3.74. The van der Waals surface area contributed by atoms with Gasteiger partial charge < -0.3 is 16.1 Å². The quantitative estimate of drug-likeness (QED) is 0.459. The molecule has 0 aliphatic carbocycles. The van der Waals surface area contributed by atoms with Gasteiger partial charge >= 0.3 is 24.8 Å². The Labute approximate surface area is 263 Å². The number of piperidine rings is 1. The fraction of sp³-hybridized carbons (Fsp3) is 0.548. The van der Waals surface area contributed by atoms with Gasteiger partial charge in [-0.25, -0.2) is 0 Å². The van der Waals surface area contributed by atoms with Gasteiger partial charge in [0.15, 0.2) is 0 Å². The zero-order chi connectivity index (χ0) is 29.3. The predicted octanol–water partition coefficient (Wildman–Crippen LogP) is 2.20. The summed E-state index contributed by atoms with van der Waals surface area (Å²) in [5.41, 5.74) is 2.95. The van der Waals surface area contributed by atoms with Gasteiger partial charge in [0.05, 0.1) is 11.6 Å². The van der Waals surface area contributed by atoms with Crippen LogP contribution in [0, 0.1) is 11.3 Å². The SMILES string of the molecule is C[Si](C)(C)N[Si](C)(C)C.N#Cc1ccc(N2CCN(C3CCN(C(Cc4ccccc4)C(=O)O)CC3)CC2)cc1.[H-].[Li+]. The van der Waals surface area contributed by atoms with Crippen LogP contribution in [0.5, 0.6) is 0 Å². The number of carboxylic acid groups (broad SMARTS) is 1. The smallest absolute Gasteiger partial charge is 1.00 e. The molecule has 2 aromatic rings. The summed E-state index contributed by atoms with van der Waals surface area (Å²) in [6, 6.07) is 20.0. The first-order valence-electron chi connectivity index (χ1n) is 14.6. The van der Waals surface area contributed by atoms with Gasteiger partial charge in [0, 0.05) is 51.0 Å². The maximum atomic E-state index is 11.9. The molecule has 0 saturated carbocycles. The molecule has 1 unspecified atom stereocenters. The number of aliphatic carboxylic acids is 1. The first-order valence-corrected chi connectivity index (χ1v) is 21.6. The largest absolute Gasteiger partial charge is 1.00 e. The number of nitrogens with zero attached hydrogens (tertiary/aromatic N) is 4.